The third-order valence-corrected chi connectivity index (χ3v) is 4.15. The summed E-state index contributed by atoms with van der Waals surface area (Å²) in [5, 5.41) is 3.60. The predicted molar refractivity (Wildman–Crippen MR) is 67.5 cm³/mol. The molecular weight excluding hydrogens is 194 g/mol. The molecule has 3 rings (SSSR count). The smallest absolute Gasteiger partial charge is 0.0205 e. The largest absolute Gasteiger partial charge is 0.312 e. The molecule has 0 aliphatic heterocycles. The molecule has 1 nitrogen and oxygen atoms in total. The minimum atomic E-state index is 0.622. The molecule has 0 spiro atoms. The highest BCUT2D eigenvalue weighted by atomic mass is 14.9. The Hall–Kier alpha value is -0.820. The molecule has 86 valence electrons. The van der Waals surface area contributed by atoms with Crippen molar-refractivity contribution in [3.05, 3.63) is 34.9 Å². The van der Waals surface area contributed by atoms with Gasteiger partial charge in [0.2, 0.25) is 0 Å². The summed E-state index contributed by atoms with van der Waals surface area (Å²) in [4.78, 5) is 0. The molecule has 0 atom stereocenters. The van der Waals surface area contributed by atoms with Crippen molar-refractivity contribution in [2.24, 2.45) is 5.41 Å². The van der Waals surface area contributed by atoms with E-state index in [9.17, 15) is 0 Å². The highest BCUT2D eigenvalue weighted by molar-refractivity contribution is 5.35. The first-order chi connectivity index (χ1) is 7.75. The van der Waals surface area contributed by atoms with Gasteiger partial charge in [-0.1, -0.05) is 25.1 Å². The maximum absolute atomic E-state index is 3.60. The van der Waals surface area contributed by atoms with E-state index in [1.165, 1.54) is 44.2 Å². The molecule has 0 aromatic heterocycles. The lowest BCUT2D eigenvalue weighted by atomic mass is 10.1. The summed E-state index contributed by atoms with van der Waals surface area (Å²) in [5.41, 5.74) is 5.26. The maximum Gasteiger partial charge on any atom is 0.0205 e. The Bertz CT molecular complexity index is 390. The van der Waals surface area contributed by atoms with Crippen LogP contribution in [0.1, 0.15) is 42.9 Å². The molecule has 1 heteroatoms. The Morgan fingerprint density at radius 3 is 2.81 bits per heavy atom. The summed E-state index contributed by atoms with van der Waals surface area (Å²) in [6, 6.07) is 7.04. The Morgan fingerprint density at radius 1 is 1.19 bits per heavy atom. The van der Waals surface area contributed by atoms with Gasteiger partial charge in [-0.3, -0.25) is 0 Å². The molecule has 1 saturated carbocycles. The molecule has 1 aromatic carbocycles. The maximum atomic E-state index is 3.60. The number of hydrogen-bond donors (Lipinski definition) is 1. The molecule has 0 bridgehead atoms. The van der Waals surface area contributed by atoms with E-state index in [0.717, 1.165) is 6.54 Å². The van der Waals surface area contributed by atoms with Crippen LogP contribution in [0.5, 0.6) is 0 Å². The van der Waals surface area contributed by atoms with Crippen molar-refractivity contribution in [3.8, 4) is 0 Å². The van der Waals surface area contributed by atoms with Gasteiger partial charge in [-0.2, -0.15) is 0 Å². The van der Waals surface area contributed by atoms with Crippen LogP contribution in [0.2, 0.25) is 0 Å². The van der Waals surface area contributed by atoms with Gasteiger partial charge >= 0.3 is 0 Å². The SMILES string of the molecule is CC1(CNCc2ccc3c(c2)CCC3)CC1. The van der Waals surface area contributed by atoms with E-state index in [0.29, 0.717) is 5.41 Å². The summed E-state index contributed by atoms with van der Waals surface area (Å²) in [5.74, 6) is 0. The highest BCUT2D eigenvalue weighted by Gasteiger charge is 2.36. The average molecular weight is 215 g/mol. The van der Waals surface area contributed by atoms with Crippen LogP contribution in [-0.4, -0.2) is 6.54 Å². The number of nitrogens with one attached hydrogen (secondary N) is 1. The van der Waals surface area contributed by atoms with Crippen LogP contribution in [0.3, 0.4) is 0 Å². The molecule has 0 saturated heterocycles. The van der Waals surface area contributed by atoms with Crippen LogP contribution in [-0.2, 0) is 19.4 Å². The second kappa shape index (κ2) is 3.89. The van der Waals surface area contributed by atoms with Gasteiger partial charge < -0.3 is 5.32 Å². The van der Waals surface area contributed by atoms with Crippen molar-refractivity contribution in [1.82, 2.24) is 5.32 Å². The third kappa shape index (κ3) is 2.15. The van der Waals surface area contributed by atoms with Crippen molar-refractivity contribution in [3.63, 3.8) is 0 Å². The standard InChI is InChI=1S/C15H21N/c1-15(7-8-15)11-16-10-12-5-6-13-3-2-4-14(13)9-12/h5-6,9,16H,2-4,7-8,10-11H2,1H3. The Labute approximate surface area is 98.3 Å². The fourth-order valence-corrected chi connectivity index (χ4v) is 2.63. The topological polar surface area (TPSA) is 12.0 Å². The third-order valence-electron chi connectivity index (χ3n) is 4.15. The van der Waals surface area contributed by atoms with Gasteiger partial charge in [0.15, 0.2) is 0 Å². The Morgan fingerprint density at radius 2 is 2.00 bits per heavy atom. The molecule has 16 heavy (non-hydrogen) atoms. The van der Waals surface area contributed by atoms with Crippen molar-refractivity contribution in [1.29, 1.82) is 0 Å². The summed E-state index contributed by atoms with van der Waals surface area (Å²) in [6.07, 6.45) is 6.75. The van der Waals surface area contributed by atoms with E-state index in [2.05, 4.69) is 30.4 Å². The minimum Gasteiger partial charge on any atom is -0.312 e. The molecule has 2 aliphatic rings. The van der Waals surface area contributed by atoms with E-state index >= 15 is 0 Å². The van der Waals surface area contributed by atoms with Gasteiger partial charge in [-0.15, -0.1) is 0 Å². The predicted octanol–water partition coefficient (Wildman–Crippen LogP) is 3.07. The van der Waals surface area contributed by atoms with Crippen LogP contribution >= 0.6 is 0 Å². The first-order valence-electron chi connectivity index (χ1n) is 6.57. The van der Waals surface area contributed by atoms with Crippen LogP contribution in [0, 0.1) is 5.41 Å². The molecule has 0 heterocycles. The summed E-state index contributed by atoms with van der Waals surface area (Å²) in [7, 11) is 0. The zero-order chi connectivity index (χ0) is 11.0. The molecular formula is C15H21N. The lowest BCUT2D eigenvalue weighted by Crippen LogP contribution is -2.21. The van der Waals surface area contributed by atoms with E-state index in [-0.39, 0.29) is 0 Å². The molecule has 0 radical (unpaired) electrons. The van der Waals surface area contributed by atoms with Crippen LogP contribution in [0.15, 0.2) is 18.2 Å². The van der Waals surface area contributed by atoms with E-state index in [1.54, 1.807) is 11.1 Å². The van der Waals surface area contributed by atoms with Gasteiger partial charge in [0, 0.05) is 13.1 Å². The Balaban J connectivity index is 1.58. The van der Waals surface area contributed by atoms with Crippen LogP contribution in [0.25, 0.3) is 0 Å². The van der Waals surface area contributed by atoms with Crippen molar-refractivity contribution < 1.29 is 0 Å². The van der Waals surface area contributed by atoms with E-state index < -0.39 is 0 Å². The molecule has 1 fully saturated rings. The van der Waals surface area contributed by atoms with Crippen molar-refractivity contribution in [2.75, 3.05) is 6.54 Å². The van der Waals surface area contributed by atoms with Crippen molar-refractivity contribution in [2.45, 2.75) is 45.6 Å². The molecule has 1 aromatic rings. The van der Waals surface area contributed by atoms with Crippen molar-refractivity contribution >= 4 is 0 Å². The average Bonchev–Trinajstić information content (AvgIpc) is 2.84. The molecule has 2 aliphatic carbocycles. The Kier molecular flexibility index (Phi) is 2.51. The monoisotopic (exact) mass is 215 g/mol. The van der Waals surface area contributed by atoms with Crippen LogP contribution < -0.4 is 5.32 Å². The van der Waals surface area contributed by atoms with E-state index in [1.807, 2.05) is 0 Å². The molecule has 1 N–H and O–H groups in total. The van der Waals surface area contributed by atoms with Gasteiger partial charge in [0.25, 0.3) is 0 Å². The first-order valence-corrected chi connectivity index (χ1v) is 6.57. The highest BCUT2D eigenvalue weighted by Crippen LogP contribution is 2.44. The first kappa shape index (κ1) is 10.3. The zero-order valence-electron chi connectivity index (χ0n) is 10.2. The van der Waals surface area contributed by atoms with Gasteiger partial charge in [0.05, 0.1) is 0 Å². The van der Waals surface area contributed by atoms with Gasteiger partial charge in [-0.05, 0) is 54.2 Å². The lowest BCUT2D eigenvalue weighted by Gasteiger charge is -2.10. The fourth-order valence-electron chi connectivity index (χ4n) is 2.63. The molecule has 0 amide bonds. The lowest BCUT2D eigenvalue weighted by molar-refractivity contribution is 0.499. The normalized spacial score (nSPS) is 20.8. The number of benzene rings is 1. The number of rotatable bonds is 4. The zero-order valence-corrected chi connectivity index (χ0v) is 10.2. The second-order valence-corrected chi connectivity index (χ2v) is 5.87. The summed E-state index contributed by atoms with van der Waals surface area (Å²) >= 11 is 0. The summed E-state index contributed by atoms with van der Waals surface area (Å²) < 4.78 is 0. The van der Waals surface area contributed by atoms with Gasteiger partial charge in [0.1, 0.15) is 0 Å². The van der Waals surface area contributed by atoms with E-state index in [4.69, 9.17) is 0 Å². The van der Waals surface area contributed by atoms with Gasteiger partial charge in [-0.25, -0.2) is 0 Å². The fraction of sp³-hybridized carbons (Fsp3) is 0.600. The second-order valence-electron chi connectivity index (χ2n) is 5.87. The minimum absolute atomic E-state index is 0.622. The quantitative estimate of drug-likeness (QED) is 0.814. The van der Waals surface area contributed by atoms with Crippen LogP contribution in [0.4, 0.5) is 0 Å². The number of aryl methyl sites for hydroxylation is 2. The summed E-state index contributed by atoms with van der Waals surface area (Å²) in [6.45, 7) is 4.61. The molecule has 0 unspecified atom stereocenters. The number of fused-ring (bicyclic) bond motifs is 1. The number of hydrogen-bond acceptors (Lipinski definition) is 1.